The van der Waals surface area contributed by atoms with Gasteiger partial charge < -0.3 is 15.8 Å². The van der Waals surface area contributed by atoms with Crippen molar-refractivity contribution >= 4 is 17.5 Å². The molecule has 0 aliphatic carbocycles. The van der Waals surface area contributed by atoms with Gasteiger partial charge in [-0.05, 0) is 31.2 Å². The van der Waals surface area contributed by atoms with E-state index in [0.29, 0.717) is 30.3 Å². The summed E-state index contributed by atoms with van der Waals surface area (Å²) in [5.41, 5.74) is 5.40. The zero-order valence-electron chi connectivity index (χ0n) is 9.78. The number of ether oxygens (including phenoxy) is 1. The molecular formula is C12H17ClN2O2. The first-order valence-electron chi connectivity index (χ1n) is 5.49. The molecule has 0 heterocycles. The predicted molar refractivity (Wildman–Crippen MR) is 68.2 cm³/mol. The molecule has 0 aliphatic rings. The lowest BCUT2D eigenvalue weighted by Gasteiger charge is -2.11. The largest absolute Gasteiger partial charge is 0.493 e. The second-order valence-electron chi connectivity index (χ2n) is 3.76. The van der Waals surface area contributed by atoms with Gasteiger partial charge in [0.1, 0.15) is 5.75 Å². The van der Waals surface area contributed by atoms with Crippen LogP contribution in [0.1, 0.15) is 13.3 Å². The molecule has 0 saturated carbocycles. The van der Waals surface area contributed by atoms with E-state index in [1.807, 2.05) is 6.92 Å². The molecule has 0 bridgehead atoms. The Kier molecular flexibility index (Phi) is 5.80. The maximum absolute atomic E-state index is 11.4. The van der Waals surface area contributed by atoms with E-state index in [1.54, 1.807) is 24.3 Å². The average Bonchev–Trinajstić information content (AvgIpc) is 2.31. The summed E-state index contributed by atoms with van der Waals surface area (Å²) in [5, 5.41) is 3.42. The third kappa shape index (κ3) is 5.56. The molecule has 94 valence electrons. The first-order valence-corrected chi connectivity index (χ1v) is 5.87. The molecule has 1 amide bonds. The zero-order chi connectivity index (χ0) is 12.7. The number of halogens is 1. The van der Waals surface area contributed by atoms with E-state index in [-0.39, 0.29) is 11.9 Å². The summed E-state index contributed by atoms with van der Waals surface area (Å²) in [4.78, 5) is 11.4. The summed E-state index contributed by atoms with van der Waals surface area (Å²) in [6.07, 6.45) is 0.312. The number of nitrogens with one attached hydrogen (secondary N) is 1. The highest BCUT2D eigenvalue weighted by Gasteiger charge is 2.05. The van der Waals surface area contributed by atoms with Gasteiger partial charge in [0, 0.05) is 17.6 Å². The van der Waals surface area contributed by atoms with Crippen molar-refractivity contribution in [2.45, 2.75) is 19.4 Å². The Morgan fingerprint density at radius 1 is 1.47 bits per heavy atom. The van der Waals surface area contributed by atoms with Crippen LogP contribution >= 0.6 is 11.6 Å². The molecule has 1 aromatic rings. The minimum absolute atomic E-state index is 0.00182. The molecule has 1 aromatic carbocycles. The molecule has 0 radical (unpaired) electrons. The summed E-state index contributed by atoms with van der Waals surface area (Å²) in [6, 6.07) is 7.02. The summed E-state index contributed by atoms with van der Waals surface area (Å²) >= 11 is 5.74. The van der Waals surface area contributed by atoms with E-state index in [4.69, 9.17) is 22.1 Å². The Labute approximate surface area is 106 Å². The quantitative estimate of drug-likeness (QED) is 0.812. The van der Waals surface area contributed by atoms with Gasteiger partial charge in [-0.3, -0.25) is 4.79 Å². The highest BCUT2D eigenvalue weighted by Crippen LogP contribution is 2.15. The monoisotopic (exact) mass is 256 g/mol. The smallest absolute Gasteiger partial charge is 0.223 e. The van der Waals surface area contributed by atoms with E-state index < -0.39 is 0 Å². The van der Waals surface area contributed by atoms with Crippen molar-refractivity contribution < 1.29 is 9.53 Å². The third-order valence-corrected chi connectivity index (χ3v) is 2.42. The number of amides is 1. The third-order valence-electron chi connectivity index (χ3n) is 2.17. The van der Waals surface area contributed by atoms with Crippen molar-refractivity contribution in [2.75, 3.05) is 13.2 Å². The summed E-state index contributed by atoms with van der Waals surface area (Å²) in [5.74, 6) is 0.644. The lowest BCUT2D eigenvalue weighted by atomic mass is 10.3. The molecule has 0 unspecified atom stereocenters. The topological polar surface area (TPSA) is 64.3 Å². The fourth-order valence-electron chi connectivity index (χ4n) is 1.20. The molecule has 1 rings (SSSR count). The number of benzene rings is 1. The van der Waals surface area contributed by atoms with Crippen molar-refractivity contribution in [2.24, 2.45) is 5.73 Å². The van der Waals surface area contributed by atoms with Gasteiger partial charge in [0.2, 0.25) is 5.91 Å². The van der Waals surface area contributed by atoms with E-state index in [2.05, 4.69) is 5.32 Å². The zero-order valence-corrected chi connectivity index (χ0v) is 10.5. The van der Waals surface area contributed by atoms with E-state index in [9.17, 15) is 4.79 Å². The van der Waals surface area contributed by atoms with E-state index in [0.717, 1.165) is 0 Å². The number of rotatable bonds is 6. The average molecular weight is 257 g/mol. The Hall–Kier alpha value is -1.26. The fraction of sp³-hybridized carbons (Fsp3) is 0.417. The maximum Gasteiger partial charge on any atom is 0.223 e. The summed E-state index contributed by atoms with van der Waals surface area (Å²) in [7, 11) is 0. The number of hydrogen-bond acceptors (Lipinski definition) is 3. The highest BCUT2D eigenvalue weighted by atomic mass is 35.5. The van der Waals surface area contributed by atoms with Gasteiger partial charge in [-0.1, -0.05) is 11.6 Å². The van der Waals surface area contributed by atoms with Crippen LogP contribution < -0.4 is 15.8 Å². The summed E-state index contributed by atoms with van der Waals surface area (Å²) < 4.78 is 5.40. The van der Waals surface area contributed by atoms with Crippen molar-refractivity contribution in [1.29, 1.82) is 0 Å². The Bertz CT molecular complexity index is 354. The molecular weight excluding hydrogens is 240 g/mol. The molecule has 3 N–H and O–H groups in total. The van der Waals surface area contributed by atoms with Gasteiger partial charge in [0.25, 0.3) is 0 Å². The van der Waals surface area contributed by atoms with Gasteiger partial charge in [-0.2, -0.15) is 0 Å². The van der Waals surface area contributed by atoms with Crippen LogP contribution in [0.25, 0.3) is 0 Å². The first kappa shape index (κ1) is 13.8. The Balaban J connectivity index is 2.23. The van der Waals surface area contributed by atoms with Crippen LogP contribution in [0.3, 0.4) is 0 Å². The Morgan fingerprint density at radius 3 is 2.71 bits per heavy atom. The van der Waals surface area contributed by atoms with Crippen molar-refractivity contribution in [1.82, 2.24) is 5.32 Å². The second kappa shape index (κ2) is 7.14. The summed E-state index contributed by atoms with van der Waals surface area (Å²) in [6.45, 7) is 2.63. The van der Waals surface area contributed by atoms with Gasteiger partial charge in [-0.25, -0.2) is 0 Å². The van der Waals surface area contributed by atoms with Crippen LogP contribution in [-0.2, 0) is 4.79 Å². The molecule has 1 atom stereocenters. The predicted octanol–water partition coefficient (Wildman–Crippen LogP) is 1.57. The number of carbonyl (C=O) groups excluding carboxylic acids is 1. The van der Waals surface area contributed by atoms with Crippen LogP contribution in [0.4, 0.5) is 0 Å². The molecule has 17 heavy (non-hydrogen) atoms. The van der Waals surface area contributed by atoms with Gasteiger partial charge in [-0.15, -0.1) is 0 Å². The van der Waals surface area contributed by atoms with Gasteiger partial charge in [0.05, 0.1) is 13.0 Å². The second-order valence-corrected chi connectivity index (χ2v) is 4.19. The molecule has 4 nitrogen and oxygen atoms in total. The van der Waals surface area contributed by atoms with Gasteiger partial charge in [0.15, 0.2) is 0 Å². The SMILES string of the molecule is C[C@@H](CN)NC(=O)CCOc1ccc(Cl)cc1. The Morgan fingerprint density at radius 2 is 2.12 bits per heavy atom. The van der Waals surface area contributed by atoms with Crippen molar-refractivity contribution in [3.63, 3.8) is 0 Å². The molecule has 0 aromatic heterocycles. The van der Waals surface area contributed by atoms with Crippen molar-refractivity contribution in [3.8, 4) is 5.75 Å². The van der Waals surface area contributed by atoms with Crippen molar-refractivity contribution in [3.05, 3.63) is 29.3 Å². The normalized spacial score (nSPS) is 11.9. The van der Waals surface area contributed by atoms with Crippen LogP contribution in [0.5, 0.6) is 5.75 Å². The number of nitrogens with two attached hydrogens (primary N) is 1. The molecule has 0 saturated heterocycles. The molecule has 0 spiro atoms. The standard InChI is InChI=1S/C12H17ClN2O2/c1-9(8-14)15-12(16)6-7-17-11-4-2-10(13)3-5-11/h2-5,9H,6-8,14H2,1H3,(H,15,16)/t9-/m0/s1. The molecule has 5 heteroatoms. The highest BCUT2D eigenvalue weighted by molar-refractivity contribution is 6.30. The maximum atomic E-state index is 11.4. The molecule has 0 aliphatic heterocycles. The van der Waals surface area contributed by atoms with Crippen LogP contribution in [0.2, 0.25) is 5.02 Å². The van der Waals surface area contributed by atoms with Crippen LogP contribution in [-0.4, -0.2) is 25.1 Å². The lowest BCUT2D eigenvalue weighted by Crippen LogP contribution is -2.38. The fourth-order valence-corrected chi connectivity index (χ4v) is 1.32. The lowest BCUT2D eigenvalue weighted by molar-refractivity contribution is -0.122. The van der Waals surface area contributed by atoms with Crippen LogP contribution in [0, 0.1) is 0 Å². The first-order chi connectivity index (χ1) is 8.11. The molecule has 0 fully saturated rings. The van der Waals surface area contributed by atoms with Gasteiger partial charge >= 0.3 is 0 Å². The number of hydrogen-bond donors (Lipinski definition) is 2. The van der Waals surface area contributed by atoms with E-state index >= 15 is 0 Å². The van der Waals surface area contributed by atoms with E-state index in [1.165, 1.54) is 0 Å². The van der Waals surface area contributed by atoms with Crippen LogP contribution in [0.15, 0.2) is 24.3 Å². The minimum Gasteiger partial charge on any atom is -0.493 e. The minimum atomic E-state index is -0.0584. The number of carbonyl (C=O) groups is 1.